The number of esters is 1. The van der Waals surface area contributed by atoms with Gasteiger partial charge in [0, 0.05) is 13.5 Å². The fourth-order valence-corrected chi connectivity index (χ4v) is 1.70. The van der Waals surface area contributed by atoms with Crippen LogP contribution in [0, 0.1) is 0 Å². The number of aliphatic hydroxyl groups is 1. The van der Waals surface area contributed by atoms with E-state index in [1.807, 2.05) is 13.8 Å². The third kappa shape index (κ3) is 24.4. The van der Waals surface area contributed by atoms with Crippen LogP contribution in [0.2, 0.25) is 0 Å². The van der Waals surface area contributed by atoms with Gasteiger partial charge in [-0.3, -0.25) is 4.79 Å². The first kappa shape index (κ1) is 26.3. The van der Waals surface area contributed by atoms with E-state index in [1.54, 1.807) is 0 Å². The maximum absolute atomic E-state index is 11.1. The molecule has 0 bridgehead atoms. The molecule has 0 aromatic rings. The summed E-state index contributed by atoms with van der Waals surface area (Å²) < 4.78 is 5.21. The topological polar surface area (TPSA) is 58.6 Å². The second-order valence-corrected chi connectivity index (χ2v) is 5.09. The Bertz CT molecular complexity index is 189. The molecule has 22 heavy (non-hydrogen) atoms. The van der Waals surface area contributed by atoms with E-state index in [-0.39, 0.29) is 12.1 Å². The van der Waals surface area contributed by atoms with Gasteiger partial charge in [0.2, 0.25) is 0 Å². The van der Waals surface area contributed by atoms with Crippen LogP contribution in [-0.2, 0) is 9.53 Å². The van der Waals surface area contributed by atoms with Gasteiger partial charge in [0.1, 0.15) is 6.10 Å². The fourth-order valence-electron chi connectivity index (χ4n) is 1.70. The fraction of sp³-hybridized carbons (Fsp3) is 0.944. The minimum atomic E-state index is -0.0365. The summed E-state index contributed by atoms with van der Waals surface area (Å²) in [5.74, 6) is -0.0365. The number of aliphatic hydroxyl groups excluding tert-OH is 1. The van der Waals surface area contributed by atoms with Crippen LogP contribution in [0.5, 0.6) is 0 Å². The lowest BCUT2D eigenvalue weighted by Gasteiger charge is -2.13. The molecular weight excluding hydrogens is 278 g/mol. The number of unbranched alkanes of at least 4 members (excludes halogenated alkanes) is 3. The largest absolute Gasteiger partial charge is 0.462 e. The monoisotopic (exact) mass is 319 g/mol. The molecular formula is C18H41NO3. The highest BCUT2D eigenvalue weighted by Crippen LogP contribution is 2.06. The molecule has 0 unspecified atom stereocenters. The predicted octanol–water partition coefficient (Wildman–Crippen LogP) is 4.30. The highest BCUT2D eigenvalue weighted by molar-refractivity contribution is 5.69. The molecule has 0 fully saturated rings. The summed E-state index contributed by atoms with van der Waals surface area (Å²) in [6, 6.07) is 0. The Kier molecular flexibility index (Phi) is 30.3. The van der Waals surface area contributed by atoms with Crippen LogP contribution in [0.1, 0.15) is 86.0 Å². The maximum Gasteiger partial charge on any atom is 0.306 e. The van der Waals surface area contributed by atoms with Gasteiger partial charge in [0.25, 0.3) is 0 Å². The summed E-state index contributed by atoms with van der Waals surface area (Å²) in [6.07, 6.45) is 8.59. The van der Waals surface area contributed by atoms with Crippen molar-refractivity contribution in [3.05, 3.63) is 0 Å². The minimum absolute atomic E-state index is 0.0365. The number of carbonyl (C=O) groups excluding carboxylic acids is 1. The molecule has 0 aliphatic carbocycles. The van der Waals surface area contributed by atoms with Crippen molar-refractivity contribution in [3.63, 3.8) is 0 Å². The Morgan fingerprint density at radius 3 is 1.91 bits per heavy atom. The summed E-state index contributed by atoms with van der Waals surface area (Å²) in [7, 11) is 1.00. The molecule has 0 aliphatic rings. The molecule has 0 aromatic heterocycles. The molecule has 2 N–H and O–H groups in total. The second kappa shape index (κ2) is 25.3. The lowest BCUT2D eigenvalue weighted by Crippen LogP contribution is -2.16. The van der Waals surface area contributed by atoms with E-state index in [9.17, 15) is 4.79 Å². The Morgan fingerprint density at radius 2 is 1.50 bits per heavy atom. The third-order valence-electron chi connectivity index (χ3n) is 3.15. The maximum atomic E-state index is 11.1. The molecule has 0 saturated carbocycles. The molecule has 0 radical (unpaired) electrons. The van der Waals surface area contributed by atoms with Crippen molar-refractivity contribution in [1.29, 1.82) is 0 Å². The number of rotatable bonds is 11. The Morgan fingerprint density at radius 1 is 0.955 bits per heavy atom. The van der Waals surface area contributed by atoms with E-state index < -0.39 is 0 Å². The summed E-state index contributed by atoms with van der Waals surface area (Å²) in [5.41, 5.74) is 0. The van der Waals surface area contributed by atoms with Crippen LogP contribution in [0.4, 0.5) is 0 Å². The Hall–Kier alpha value is -0.610. The smallest absolute Gasteiger partial charge is 0.306 e. The summed E-state index contributed by atoms with van der Waals surface area (Å²) in [5, 5.41) is 10.3. The van der Waals surface area contributed by atoms with E-state index >= 15 is 0 Å². The van der Waals surface area contributed by atoms with Crippen LogP contribution >= 0.6 is 0 Å². The molecule has 0 aromatic carbocycles. The van der Waals surface area contributed by atoms with Crippen LogP contribution in [-0.4, -0.2) is 37.4 Å². The molecule has 0 spiro atoms. The molecule has 4 nitrogen and oxygen atoms in total. The van der Waals surface area contributed by atoms with Crippen LogP contribution < -0.4 is 5.32 Å². The highest BCUT2D eigenvalue weighted by atomic mass is 16.5. The molecule has 136 valence electrons. The van der Waals surface area contributed by atoms with Crippen molar-refractivity contribution in [2.75, 3.05) is 20.2 Å². The lowest BCUT2D eigenvalue weighted by atomic mass is 10.2. The van der Waals surface area contributed by atoms with E-state index in [0.717, 1.165) is 39.3 Å². The van der Waals surface area contributed by atoms with E-state index in [2.05, 4.69) is 26.1 Å². The molecule has 0 rings (SSSR count). The molecule has 4 heteroatoms. The summed E-state index contributed by atoms with van der Waals surface area (Å²) in [4.78, 5) is 11.1. The van der Waals surface area contributed by atoms with Gasteiger partial charge in [0.15, 0.2) is 0 Å². The molecule has 0 saturated heterocycles. The number of ether oxygens (including phenoxy) is 1. The quantitative estimate of drug-likeness (QED) is 0.440. The molecule has 0 amide bonds. The zero-order valence-electron chi connectivity index (χ0n) is 15.9. The van der Waals surface area contributed by atoms with Crippen LogP contribution in [0.3, 0.4) is 0 Å². The van der Waals surface area contributed by atoms with Crippen LogP contribution in [0.15, 0.2) is 0 Å². The predicted molar refractivity (Wildman–Crippen MR) is 96.2 cm³/mol. The van der Waals surface area contributed by atoms with E-state index in [0.29, 0.717) is 6.42 Å². The highest BCUT2D eigenvalue weighted by Gasteiger charge is 2.08. The zero-order chi connectivity index (χ0) is 17.6. The Labute approximate surface area is 139 Å². The number of nitrogens with one attached hydrogen (secondary N) is 1. The number of hydrogen-bond donors (Lipinski definition) is 2. The van der Waals surface area contributed by atoms with Gasteiger partial charge in [0.05, 0.1) is 0 Å². The molecule has 0 atom stereocenters. The minimum Gasteiger partial charge on any atom is -0.462 e. The first-order chi connectivity index (χ1) is 10.7. The molecule has 0 heterocycles. The van der Waals surface area contributed by atoms with E-state index in [4.69, 9.17) is 9.84 Å². The van der Waals surface area contributed by atoms with Crippen molar-refractivity contribution < 1.29 is 14.6 Å². The first-order valence-corrected chi connectivity index (χ1v) is 9.00. The number of carbonyl (C=O) groups is 1. The second-order valence-electron chi connectivity index (χ2n) is 5.09. The van der Waals surface area contributed by atoms with Crippen molar-refractivity contribution in [3.8, 4) is 0 Å². The van der Waals surface area contributed by atoms with E-state index in [1.165, 1.54) is 25.8 Å². The average Bonchev–Trinajstić information content (AvgIpc) is 2.57. The Balaban J connectivity index is -0.000000313. The zero-order valence-corrected chi connectivity index (χ0v) is 15.9. The van der Waals surface area contributed by atoms with Crippen molar-refractivity contribution >= 4 is 5.97 Å². The van der Waals surface area contributed by atoms with Gasteiger partial charge in [-0.1, -0.05) is 53.9 Å². The SMILES string of the molecule is CCCCC(=O)OC(CC)CC.CCCCCNCC.CO. The van der Waals surface area contributed by atoms with Gasteiger partial charge in [-0.15, -0.1) is 0 Å². The lowest BCUT2D eigenvalue weighted by molar-refractivity contribution is -0.149. The third-order valence-corrected chi connectivity index (χ3v) is 3.15. The molecule has 0 aliphatic heterocycles. The van der Waals surface area contributed by atoms with Gasteiger partial charge in [-0.2, -0.15) is 0 Å². The van der Waals surface area contributed by atoms with Crippen molar-refractivity contribution in [1.82, 2.24) is 5.32 Å². The van der Waals surface area contributed by atoms with Crippen LogP contribution in [0.25, 0.3) is 0 Å². The van der Waals surface area contributed by atoms with Crippen molar-refractivity contribution in [2.45, 2.75) is 92.1 Å². The van der Waals surface area contributed by atoms with Gasteiger partial charge in [-0.05, 0) is 38.8 Å². The normalized spacial score (nSPS) is 9.45. The standard InChI is InChI=1S/C10H20O2.C7H17N.CH4O/c1-4-7-8-10(11)12-9(5-2)6-3;1-3-5-6-7-8-4-2;1-2/h9H,4-8H2,1-3H3;8H,3-7H2,1-2H3;2H,1H3. The van der Waals surface area contributed by atoms with Gasteiger partial charge < -0.3 is 15.2 Å². The number of hydrogen-bond acceptors (Lipinski definition) is 4. The first-order valence-electron chi connectivity index (χ1n) is 9.00. The summed E-state index contributed by atoms with van der Waals surface area (Å²) in [6.45, 7) is 12.8. The van der Waals surface area contributed by atoms with Crippen molar-refractivity contribution in [2.24, 2.45) is 0 Å². The van der Waals surface area contributed by atoms with Gasteiger partial charge in [-0.25, -0.2) is 0 Å². The van der Waals surface area contributed by atoms with Gasteiger partial charge >= 0.3 is 5.97 Å². The summed E-state index contributed by atoms with van der Waals surface area (Å²) >= 11 is 0. The average molecular weight is 320 g/mol.